The summed E-state index contributed by atoms with van der Waals surface area (Å²) in [5.74, 6) is -0.536. The molecule has 6 nitrogen and oxygen atoms in total. The Balaban J connectivity index is 1.48. The highest BCUT2D eigenvalue weighted by atomic mass is 16.2. The first-order chi connectivity index (χ1) is 13.8. The summed E-state index contributed by atoms with van der Waals surface area (Å²) in [6, 6.07) is 11.6. The third kappa shape index (κ3) is 3.62. The van der Waals surface area contributed by atoms with E-state index in [0.717, 1.165) is 40.2 Å². The SMILES string of the molecule is CC(=O)N1CCc2cc(N3CC(C(=O)Nc4ccc(C)cc4C)CC3=O)ccc21. The number of hydrogen-bond acceptors (Lipinski definition) is 3. The number of benzene rings is 2. The maximum atomic E-state index is 12.7. The number of nitrogens with zero attached hydrogens (tertiary/aromatic N) is 2. The second-order valence-corrected chi connectivity index (χ2v) is 7.95. The van der Waals surface area contributed by atoms with Crippen molar-refractivity contribution in [3.63, 3.8) is 0 Å². The van der Waals surface area contributed by atoms with Gasteiger partial charge >= 0.3 is 0 Å². The molecule has 0 spiro atoms. The summed E-state index contributed by atoms with van der Waals surface area (Å²) < 4.78 is 0. The van der Waals surface area contributed by atoms with E-state index in [1.807, 2.05) is 50.2 Å². The van der Waals surface area contributed by atoms with Gasteiger partial charge in [0.25, 0.3) is 0 Å². The molecule has 4 rings (SSSR count). The van der Waals surface area contributed by atoms with Crippen molar-refractivity contribution in [2.45, 2.75) is 33.6 Å². The summed E-state index contributed by atoms with van der Waals surface area (Å²) in [6.45, 7) is 6.57. The third-order valence-corrected chi connectivity index (χ3v) is 5.79. The van der Waals surface area contributed by atoms with Crippen LogP contribution in [0.5, 0.6) is 0 Å². The fourth-order valence-electron chi connectivity index (χ4n) is 4.20. The third-order valence-electron chi connectivity index (χ3n) is 5.79. The van der Waals surface area contributed by atoms with E-state index in [1.165, 1.54) is 0 Å². The van der Waals surface area contributed by atoms with E-state index in [9.17, 15) is 14.4 Å². The van der Waals surface area contributed by atoms with Crippen molar-refractivity contribution in [1.29, 1.82) is 0 Å². The molecule has 1 saturated heterocycles. The molecule has 2 aliphatic rings. The lowest BCUT2D eigenvalue weighted by Crippen LogP contribution is -2.28. The Labute approximate surface area is 170 Å². The van der Waals surface area contributed by atoms with Crippen LogP contribution >= 0.6 is 0 Å². The Morgan fingerprint density at radius 3 is 2.62 bits per heavy atom. The van der Waals surface area contributed by atoms with E-state index in [1.54, 1.807) is 16.7 Å². The largest absolute Gasteiger partial charge is 0.326 e. The lowest BCUT2D eigenvalue weighted by atomic mass is 10.1. The fourth-order valence-corrected chi connectivity index (χ4v) is 4.20. The standard InChI is InChI=1S/C23H25N3O3/c1-14-4-6-20(15(2)10-14)24-23(29)18-12-22(28)26(13-18)19-5-7-21-17(11-19)8-9-25(21)16(3)27/h4-7,10-11,18H,8-9,12-13H2,1-3H3,(H,24,29). The minimum absolute atomic E-state index is 0.0249. The van der Waals surface area contributed by atoms with Crippen molar-refractivity contribution >= 4 is 34.8 Å². The molecule has 1 atom stereocenters. The van der Waals surface area contributed by atoms with Gasteiger partial charge in [0.2, 0.25) is 17.7 Å². The van der Waals surface area contributed by atoms with Crippen molar-refractivity contribution in [3.05, 3.63) is 53.1 Å². The molecule has 2 aromatic rings. The lowest BCUT2D eigenvalue weighted by Gasteiger charge is -2.19. The maximum absolute atomic E-state index is 12.7. The van der Waals surface area contributed by atoms with Crippen LogP contribution in [-0.4, -0.2) is 30.8 Å². The number of amides is 3. The van der Waals surface area contributed by atoms with Gasteiger partial charge in [-0.05, 0) is 55.7 Å². The first-order valence-corrected chi connectivity index (χ1v) is 9.93. The molecule has 2 heterocycles. The number of carbonyl (C=O) groups excluding carboxylic acids is 3. The number of carbonyl (C=O) groups is 3. The van der Waals surface area contributed by atoms with Crippen LogP contribution in [0.1, 0.15) is 30.0 Å². The summed E-state index contributed by atoms with van der Waals surface area (Å²) in [4.78, 5) is 40.5. The van der Waals surface area contributed by atoms with Gasteiger partial charge in [0, 0.05) is 43.5 Å². The topological polar surface area (TPSA) is 69.7 Å². The molecule has 0 aromatic heterocycles. The fraction of sp³-hybridized carbons (Fsp3) is 0.348. The minimum atomic E-state index is -0.384. The van der Waals surface area contributed by atoms with Gasteiger partial charge in [-0.2, -0.15) is 0 Å². The summed E-state index contributed by atoms with van der Waals surface area (Å²) in [7, 11) is 0. The summed E-state index contributed by atoms with van der Waals surface area (Å²) in [5.41, 5.74) is 5.70. The molecule has 6 heteroatoms. The Morgan fingerprint density at radius 2 is 1.90 bits per heavy atom. The first kappa shape index (κ1) is 19.2. The Hall–Kier alpha value is -3.15. The molecule has 2 aliphatic heterocycles. The molecule has 29 heavy (non-hydrogen) atoms. The predicted molar refractivity (Wildman–Crippen MR) is 113 cm³/mol. The van der Waals surface area contributed by atoms with Crippen molar-refractivity contribution in [3.8, 4) is 0 Å². The maximum Gasteiger partial charge on any atom is 0.229 e. The molecular weight excluding hydrogens is 366 g/mol. The molecule has 0 bridgehead atoms. The number of anilines is 3. The molecule has 0 aliphatic carbocycles. The molecular formula is C23H25N3O3. The number of nitrogens with one attached hydrogen (secondary N) is 1. The van der Waals surface area contributed by atoms with Gasteiger partial charge < -0.3 is 15.1 Å². The van der Waals surface area contributed by atoms with Gasteiger partial charge in [-0.1, -0.05) is 17.7 Å². The highest BCUT2D eigenvalue weighted by molar-refractivity contribution is 6.04. The zero-order valence-corrected chi connectivity index (χ0v) is 17.0. The van der Waals surface area contributed by atoms with E-state index in [4.69, 9.17) is 0 Å². The van der Waals surface area contributed by atoms with E-state index < -0.39 is 0 Å². The highest BCUT2D eigenvalue weighted by Gasteiger charge is 2.36. The van der Waals surface area contributed by atoms with E-state index in [0.29, 0.717) is 13.1 Å². The summed E-state index contributed by atoms with van der Waals surface area (Å²) in [5, 5.41) is 2.97. The second-order valence-electron chi connectivity index (χ2n) is 7.95. The van der Waals surface area contributed by atoms with Crippen LogP contribution in [0.2, 0.25) is 0 Å². The second kappa shape index (κ2) is 7.35. The Morgan fingerprint density at radius 1 is 1.10 bits per heavy atom. The summed E-state index contributed by atoms with van der Waals surface area (Å²) >= 11 is 0. The van der Waals surface area contributed by atoms with Crippen LogP contribution in [0, 0.1) is 19.8 Å². The molecule has 0 radical (unpaired) electrons. The number of hydrogen-bond donors (Lipinski definition) is 1. The average molecular weight is 391 g/mol. The molecule has 2 aromatic carbocycles. The van der Waals surface area contributed by atoms with E-state index in [2.05, 4.69) is 5.32 Å². The lowest BCUT2D eigenvalue weighted by molar-refractivity contribution is -0.122. The number of rotatable bonds is 3. The van der Waals surface area contributed by atoms with Gasteiger partial charge in [0.1, 0.15) is 0 Å². The molecule has 3 amide bonds. The van der Waals surface area contributed by atoms with Gasteiger partial charge in [0.05, 0.1) is 5.92 Å². The number of aryl methyl sites for hydroxylation is 2. The predicted octanol–water partition coefficient (Wildman–Crippen LogP) is 3.20. The van der Waals surface area contributed by atoms with Crippen LogP contribution in [0.4, 0.5) is 17.1 Å². The molecule has 1 fully saturated rings. The zero-order chi connectivity index (χ0) is 20.7. The quantitative estimate of drug-likeness (QED) is 0.874. The monoisotopic (exact) mass is 391 g/mol. The van der Waals surface area contributed by atoms with Crippen molar-refractivity contribution < 1.29 is 14.4 Å². The van der Waals surface area contributed by atoms with Crippen LogP contribution in [0.25, 0.3) is 0 Å². The van der Waals surface area contributed by atoms with Crippen LogP contribution < -0.4 is 15.1 Å². The van der Waals surface area contributed by atoms with Gasteiger partial charge in [-0.25, -0.2) is 0 Å². The van der Waals surface area contributed by atoms with Crippen LogP contribution in [-0.2, 0) is 20.8 Å². The van der Waals surface area contributed by atoms with E-state index in [-0.39, 0.29) is 30.1 Å². The van der Waals surface area contributed by atoms with Crippen molar-refractivity contribution in [1.82, 2.24) is 0 Å². The molecule has 150 valence electrons. The molecule has 1 N–H and O–H groups in total. The average Bonchev–Trinajstić information content (AvgIpc) is 3.27. The zero-order valence-electron chi connectivity index (χ0n) is 17.0. The minimum Gasteiger partial charge on any atom is -0.326 e. The first-order valence-electron chi connectivity index (χ1n) is 9.93. The smallest absolute Gasteiger partial charge is 0.229 e. The highest BCUT2D eigenvalue weighted by Crippen LogP contribution is 2.34. The van der Waals surface area contributed by atoms with Gasteiger partial charge in [-0.15, -0.1) is 0 Å². The van der Waals surface area contributed by atoms with Crippen LogP contribution in [0.3, 0.4) is 0 Å². The van der Waals surface area contributed by atoms with Crippen molar-refractivity contribution in [2.24, 2.45) is 5.92 Å². The van der Waals surface area contributed by atoms with Crippen LogP contribution in [0.15, 0.2) is 36.4 Å². The molecule has 0 saturated carbocycles. The van der Waals surface area contributed by atoms with Gasteiger partial charge in [0.15, 0.2) is 0 Å². The summed E-state index contributed by atoms with van der Waals surface area (Å²) in [6.07, 6.45) is 0.981. The number of fused-ring (bicyclic) bond motifs is 1. The molecule has 1 unspecified atom stereocenters. The normalized spacial score (nSPS) is 18.2. The Kier molecular flexibility index (Phi) is 4.86. The van der Waals surface area contributed by atoms with Gasteiger partial charge in [-0.3, -0.25) is 14.4 Å². The van der Waals surface area contributed by atoms with E-state index >= 15 is 0 Å². The van der Waals surface area contributed by atoms with Crippen molar-refractivity contribution in [2.75, 3.05) is 28.2 Å². The Bertz CT molecular complexity index is 1010.